The first kappa shape index (κ1) is 14.4. The summed E-state index contributed by atoms with van der Waals surface area (Å²) in [6.07, 6.45) is -0.873. The molecule has 5 nitrogen and oxygen atoms in total. The van der Waals surface area contributed by atoms with Gasteiger partial charge < -0.3 is 14.2 Å². The van der Waals surface area contributed by atoms with Crippen LogP contribution < -0.4 is 4.74 Å². The van der Waals surface area contributed by atoms with Crippen LogP contribution in [-0.4, -0.2) is 31.8 Å². The van der Waals surface area contributed by atoms with Gasteiger partial charge in [-0.3, -0.25) is 0 Å². The van der Waals surface area contributed by atoms with Gasteiger partial charge in [0.05, 0.1) is 12.7 Å². The largest absolute Gasteiger partial charge is 0.496 e. The van der Waals surface area contributed by atoms with E-state index in [0.717, 1.165) is 5.56 Å². The predicted octanol–water partition coefficient (Wildman–Crippen LogP) is 2.11. The van der Waals surface area contributed by atoms with Crippen LogP contribution in [0.15, 0.2) is 18.2 Å². The highest BCUT2D eigenvalue weighted by atomic mass is 16.6. The Bertz CT molecular complexity index is 547. The summed E-state index contributed by atoms with van der Waals surface area (Å²) in [5.74, 6) is -0.449. The van der Waals surface area contributed by atoms with Crippen molar-refractivity contribution in [2.24, 2.45) is 5.41 Å². The zero-order valence-electron chi connectivity index (χ0n) is 12.1. The van der Waals surface area contributed by atoms with Crippen LogP contribution in [0.1, 0.15) is 29.8 Å². The molecule has 108 valence electrons. The topological polar surface area (TPSA) is 61.8 Å². The van der Waals surface area contributed by atoms with E-state index in [-0.39, 0.29) is 6.61 Å². The molecule has 0 radical (unpaired) electrons. The van der Waals surface area contributed by atoms with E-state index in [0.29, 0.717) is 11.3 Å². The number of carbonyl (C=O) groups excluding carboxylic acids is 2. The minimum atomic E-state index is -0.873. The number of ether oxygens (including phenoxy) is 3. The van der Waals surface area contributed by atoms with Gasteiger partial charge in [0.2, 0.25) is 6.10 Å². The van der Waals surface area contributed by atoms with Crippen molar-refractivity contribution in [1.29, 1.82) is 0 Å². The van der Waals surface area contributed by atoms with Gasteiger partial charge in [0.25, 0.3) is 0 Å². The number of cyclic esters (lactones) is 1. The molecule has 0 N–H and O–H groups in total. The van der Waals surface area contributed by atoms with Gasteiger partial charge in [-0.2, -0.15) is 0 Å². The van der Waals surface area contributed by atoms with Crippen LogP contribution in [0.2, 0.25) is 0 Å². The molecule has 0 amide bonds. The minimum Gasteiger partial charge on any atom is -0.496 e. The van der Waals surface area contributed by atoms with Crippen LogP contribution in [0.5, 0.6) is 5.75 Å². The second-order valence-electron chi connectivity index (χ2n) is 5.57. The van der Waals surface area contributed by atoms with Gasteiger partial charge in [0.1, 0.15) is 12.4 Å². The first-order valence-electron chi connectivity index (χ1n) is 6.37. The quantitative estimate of drug-likeness (QED) is 0.792. The summed E-state index contributed by atoms with van der Waals surface area (Å²) in [5.41, 5.74) is 0.759. The highest BCUT2D eigenvalue weighted by molar-refractivity contribution is 5.92. The molecule has 5 heteroatoms. The predicted molar refractivity (Wildman–Crippen MR) is 71.7 cm³/mol. The number of esters is 2. The van der Waals surface area contributed by atoms with E-state index in [9.17, 15) is 9.59 Å². The lowest BCUT2D eigenvalue weighted by molar-refractivity contribution is -0.145. The molecule has 1 saturated heterocycles. The summed E-state index contributed by atoms with van der Waals surface area (Å²) in [4.78, 5) is 23.7. The molecule has 0 aliphatic carbocycles. The molecule has 20 heavy (non-hydrogen) atoms. The number of rotatable bonds is 3. The van der Waals surface area contributed by atoms with Crippen molar-refractivity contribution in [3.8, 4) is 5.75 Å². The van der Waals surface area contributed by atoms with Crippen LogP contribution >= 0.6 is 0 Å². The molecule has 1 fully saturated rings. The van der Waals surface area contributed by atoms with Crippen LogP contribution in [-0.2, 0) is 14.3 Å². The SMILES string of the molecule is COc1cc(C(=O)O[C@H]2C(=O)OCC2(C)C)ccc1C. The normalized spacial score (nSPS) is 20.4. The Morgan fingerprint density at radius 2 is 2.10 bits per heavy atom. The van der Waals surface area contributed by atoms with Crippen LogP contribution in [0.3, 0.4) is 0 Å². The van der Waals surface area contributed by atoms with Crippen molar-refractivity contribution < 1.29 is 23.8 Å². The fraction of sp³-hybridized carbons (Fsp3) is 0.467. The molecule has 2 rings (SSSR count). The van der Waals surface area contributed by atoms with Gasteiger partial charge in [-0.05, 0) is 24.6 Å². The molecule has 0 bridgehead atoms. The number of methoxy groups -OCH3 is 1. The molecule has 0 spiro atoms. The summed E-state index contributed by atoms with van der Waals surface area (Å²) in [7, 11) is 1.54. The number of carbonyl (C=O) groups is 2. The van der Waals surface area contributed by atoms with E-state index in [1.807, 2.05) is 20.8 Å². The van der Waals surface area contributed by atoms with E-state index in [1.54, 1.807) is 18.2 Å². The average molecular weight is 278 g/mol. The zero-order valence-corrected chi connectivity index (χ0v) is 12.1. The van der Waals surface area contributed by atoms with Crippen LogP contribution in [0.25, 0.3) is 0 Å². The summed E-state index contributed by atoms with van der Waals surface area (Å²) < 4.78 is 15.4. The van der Waals surface area contributed by atoms with Gasteiger partial charge in [0, 0.05) is 5.41 Å². The van der Waals surface area contributed by atoms with Gasteiger partial charge >= 0.3 is 11.9 Å². The zero-order chi connectivity index (χ0) is 14.9. The van der Waals surface area contributed by atoms with Crippen molar-refractivity contribution in [2.75, 3.05) is 13.7 Å². The third-order valence-corrected chi connectivity index (χ3v) is 3.38. The first-order chi connectivity index (χ1) is 9.35. The van der Waals surface area contributed by atoms with Gasteiger partial charge in [-0.25, -0.2) is 9.59 Å². The third kappa shape index (κ3) is 2.61. The van der Waals surface area contributed by atoms with E-state index >= 15 is 0 Å². The van der Waals surface area contributed by atoms with Crippen molar-refractivity contribution in [3.05, 3.63) is 29.3 Å². The molecular formula is C15H18O5. The number of aryl methyl sites for hydroxylation is 1. The maximum absolute atomic E-state index is 12.1. The number of hydrogen-bond acceptors (Lipinski definition) is 5. The maximum Gasteiger partial charge on any atom is 0.348 e. The fourth-order valence-electron chi connectivity index (χ4n) is 2.06. The highest BCUT2D eigenvalue weighted by Crippen LogP contribution is 2.32. The average Bonchev–Trinajstić information content (AvgIpc) is 2.66. The van der Waals surface area contributed by atoms with Crippen LogP contribution in [0, 0.1) is 12.3 Å². The molecule has 1 atom stereocenters. The van der Waals surface area contributed by atoms with Crippen molar-refractivity contribution in [2.45, 2.75) is 26.9 Å². The summed E-state index contributed by atoms with van der Waals surface area (Å²) in [6, 6.07) is 5.02. The molecular weight excluding hydrogens is 260 g/mol. The van der Waals surface area contributed by atoms with Crippen molar-refractivity contribution in [1.82, 2.24) is 0 Å². The molecule has 0 saturated carbocycles. The van der Waals surface area contributed by atoms with Gasteiger partial charge in [-0.1, -0.05) is 19.9 Å². The lowest BCUT2D eigenvalue weighted by Gasteiger charge is -2.21. The van der Waals surface area contributed by atoms with E-state index in [2.05, 4.69) is 0 Å². The fourth-order valence-corrected chi connectivity index (χ4v) is 2.06. The Kier molecular flexibility index (Phi) is 3.70. The maximum atomic E-state index is 12.1. The Morgan fingerprint density at radius 3 is 2.65 bits per heavy atom. The van der Waals surface area contributed by atoms with E-state index < -0.39 is 23.5 Å². The van der Waals surface area contributed by atoms with Crippen molar-refractivity contribution >= 4 is 11.9 Å². The van der Waals surface area contributed by atoms with Gasteiger partial charge in [-0.15, -0.1) is 0 Å². The Hall–Kier alpha value is -2.04. The number of benzene rings is 1. The molecule has 0 aromatic heterocycles. The summed E-state index contributed by atoms with van der Waals surface area (Å²) in [6.45, 7) is 5.78. The summed E-state index contributed by atoms with van der Waals surface area (Å²) in [5, 5.41) is 0. The Labute approximate surface area is 117 Å². The van der Waals surface area contributed by atoms with Crippen molar-refractivity contribution in [3.63, 3.8) is 0 Å². The number of hydrogen-bond donors (Lipinski definition) is 0. The molecule has 1 aromatic rings. The Morgan fingerprint density at radius 1 is 1.40 bits per heavy atom. The summed E-state index contributed by atoms with van der Waals surface area (Å²) >= 11 is 0. The third-order valence-electron chi connectivity index (χ3n) is 3.38. The Balaban J connectivity index is 2.18. The lowest BCUT2D eigenvalue weighted by atomic mass is 9.90. The molecule has 1 aliphatic heterocycles. The highest BCUT2D eigenvalue weighted by Gasteiger charge is 2.46. The molecule has 1 aliphatic rings. The molecule has 0 unspecified atom stereocenters. The minimum absolute atomic E-state index is 0.251. The van der Waals surface area contributed by atoms with E-state index in [1.165, 1.54) is 7.11 Å². The standard InChI is InChI=1S/C15H18O5/c1-9-5-6-10(7-11(9)18-4)13(16)20-12-14(17)19-8-15(12,2)3/h5-7,12H,8H2,1-4H3/t12-/m0/s1. The molecule has 1 aromatic carbocycles. The first-order valence-corrected chi connectivity index (χ1v) is 6.37. The monoisotopic (exact) mass is 278 g/mol. The van der Waals surface area contributed by atoms with E-state index in [4.69, 9.17) is 14.2 Å². The second-order valence-corrected chi connectivity index (χ2v) is 5.57. The smallest absolute Gasteiger partial charge is 0.348 e. The molecule has 1 heterocycles. The van der Waals surface area contributed by atoms with Crippen LogP contribution in [0.4, 0.5) is 0 Å². The van der Waals surface area contributed by atoms with Gasteiger partial charge in [0.15, 0.2) is 0 Å². The second kappa shape index (κ2) is 5.15. The lowest BCUT2D eigenvalue weighted by Crippen LogP contribution is -2.34.